The average molecular weight is 414 g/mol. The normalized spacial score (nSPS) is 13.7. The monoisotopic (exact) mass is 413 g/mol. The van der Waals surface area contributed by atoms with Crippen molar-refractivity contribution < 1.29 is 19.1 Å². The summed E-state index contributed by atoms with van der Waals surface area (Å²) in [5.74, 6) is -1.24. The smallest absolute Gasteiger partial charge is 0.355 e. The molecule has 6 heteroatoms. The number of carbonyl (C=O) groups is 2. The second-order valence-electron chi connectivity index (χ2n) is 5.49. The van der Waals surface area contributed by atoms with Gasteiger partial charge < -0.3 is 14.4 Å². The summed E-state index contributed by atoms with van der Waals surface area (Å²) < 4.78 is 10.7. The van der Waals surface area contributed by atoms with Crippen LogP contribution in [0, 0.1) is 0 Å². The van der Waals surface area contributed by atoms with Gasteiger partial charge in [-0.2, -0.15) is 0 Å². The highest BCUT2D eigenvalue weighted by Crippen LogP contribution is 2.30. The maximum atomic E-state index is 12.4. The predicted octanol–water partition coefficient (Wildman–Crippen LogP) is 4.09. The molecule has 1 aliphatic rings. The first-order valence-electron chi connectivity index (χ1n) is 7.79. The van der Waals surface area contributed by atoms with Gasteiger partial charge in [-0.25, -0.2) is 9.59 Å². The minimum absolute atomic E-state index is 0.0980. The minimum Gasteiger partial charge on any atom is -0.465 e. The molecule has 0 amide bonds. The molecule has 0 bridgehead atoms. The standard InChI is InChI=1S/C20H16BrNO4/c1-25-19(23)17-5-3-4-10-22(18(17)20(24)26-2)16-9-7-13-11-15(21)8-6-14(13)12-16/h3-12H,1-2H3. The molecule has 26 heavy (non-hydrogen) atoms. The summed E-state index contributed by atoms with van der Waals surface area (Å²) in [5, 5.41) is 2.05. The average Bonchev–Trinajstić information content (AvgIpc) is 2.89. The van der Waals surface area contributed by atoms with Crippen molar-refractivity contribution in [2.45, 2.75) is 0 Å². The number of esters is 2. The zero-order valence-electron chi connectivity index (χ0n) is 14.2. The molecule has 2 aromatic rings. The highest BCUT2D eigenvalue weighted by atomic mass is 79.9. The molecule has 0 saturated heterocycles. The Bertz CT molecular complexity index is 975. The van der Waals surface area contributed by atoms with Crippen LogP contribution in [0.25, 0.3) is 10.8 Å². The molecule has 0 unspecified atom stereocenters. The second kappa shape index (κ2) is 7.58. The van der Waals surface area contributed by atoms with Crippen molar-refractivity contribution in [1.29, 1.82) is 0 Å². The molecule has 0 atom stereocenters. The summed E-state index contributed by atoms with van der Waals surface area (Å²) in [6, 6.07) is 11.7. The van der Waals surface area contributed by atoms with Crippen LogP contribution in [0.4, 0.5) is 5.69 Å². The number of fused-ring (bicyclic) bond motifs is 1. The van der Waals surface area contributed by atoms with Gasteiger partial charge in [-0.15, -0.1) is 0 Å². The van der Waals surface area contributed by atoms with Crippen molar-refractivity contribution in [3.63, 3.8) is 0 Å². The zero-order valence-corrected chi connectivity index (χ0v) is 15.8. The van der Waals surface area contributed by atoms with E-state index in [0.29, 0.717) is 0 Å². The molecular weight excluding hydrogens is 398 g/mol. The van der Waals surface area contributed by atoms with Gasteiger partial charge in [-0.05, 0) is 47.2 Å². The molecule has 0 aliphatic carbocycles. The van der Waals surface area contributed by atoms with Gasteiger partial charge in [0.1, 0.15) is 5.70 Å². The Balaban J connectivity index is 2.18. The van der Waals surface area contributed by atoms with E-state index >= 15 is 0 Å². The van der Waals surface area contributed by atoms with Crippen LogP contribution in [0.1, 0.15) is 0 Å². The first-order chi connectivity index (χ1) is 12.5. The van der Waals surface area contributed by atoms with E-state index in [4.69, 9.17) is 9.47 Å². The van der Waals surface area contributed by atoms with E-state index in [1.165, 1.54) is 20.3 Å². The topological polar surface area (TPSA) is 55.8 Å². The fourth-order valence-electron chi connectivity index (χ4n) is 2.72. The van der Waals surface area contributed by atoms with Crippen molar-refractivity contribution in [3.8, 4) is 0 Å². The second-order valence-corrected chi connectivity index (χ2v) is 6.41. The lowest BCUT2D eigenvalue weighted by atomic mass is 10.1. The molecule has 0 radical (unpaired) electrons. The van der Waals surface area contributed by atoms with Gasteiger partial charge in [0.05, 0.1) is 19.8 Å². The first kappa shape index (κ1) is 17.9. The van der Waals surface area contributed by atoms with Crippen LogP contribution in [-0.2, 0) is 19.1 Å². The van der Waals surface area contributed by atoms with Gasteiger partial charge in [0.25, 0.3) is 0 Å². The number of halogens is 1. The van der Waals surface area contributed by atoms with E-state index in [0.717, 1.165) is 20.9 Å². The number of nitrogens with zero attached hydrogens (tertiary/aromatic N) is 1. The molecule has 0 aromatic heterocycles. The summed E-state index contributed by atoms with van der Waals surface area (Å²) in [7, 11) is 2.55. The SMILES string of the molecule is COC(=O)C1=C(C(=O)OC)N(c2ccc3cc(Br)ccc3c2)C=CC=C1. The Kier molecular flexibility index (Phi) is 5.23. The van der Waals surface area contributed by atoms with Crippen LogP contribution in [0.3, 0.4) is 0 Å². The van der Waals surface area contributed by atoms with E-state index < -0.39 is 11.9 Å². The number of anilines is 1. The molecule has 0 N–H and O–H groups in total. The quantitative estimate of drug-likeness (QED) is 0.709. The van der Waals surface area contributed by atoms with Gasteiger partial charge >= 0.3 is 11.9 Å². The van der Waals surface area contributed by atoms with Crippen LogP contribution in [0.2, 0.25) is 0 Å². The van der Waals surface area contributed by atoms with Crippen LogP contribution in [0.5, 0.6) is 0 Å². The van der Waals surface area contributed by atoms with E-state index in [-0.39, 0.29) is 11.3 Å². The molecule has 5 nitrogen and oxygen atoms in total. The lowest BCUT2D eigenvalue weighted by molar-refractivity contribution is -0.139. The Labute approximate surface area is 159 Å². The number of allylic oxidation sites excluding steroid dienone is 2. The van der Waals surface area contributed by atoms with Gasteiger partial charge in [0, 0.05) is 16.4 Å². The first-order valence-corrected chi connectivity index (χ1v) is 8.59. The number of rotatable bonds is 3. The molecule has 1 heterocycles. The Morgan fingerprint density at radius 1 is 0.923 bits per heavy atom. The number of hydrogen-bond donors (Lipinski definition) is 0. The summed E-state index contributed by atoms with van der Waals surface area (Å²) in [5.41, 5.74) is 0.947. The van der Waals surface area contributed by atoms with Gasteiger partial charge in [0.15, 0.2) is 0 Å². The molecule has 2 aromatic carbocycles. The molecule has 0 fully saturated rings. The fraction of sp³-hybridized carbons (Fsp3) is 0.100. The Morgan fingerprint density at radius 2 is 1.62 bits per heavy atom. The van der Waals surface area contributed by atoms with E-state index in [9.17, 15) is 9.59 Å². The van der Waals surface area contributed by atoms with E-state index in [1.807, 2.05) is 36.4 Å². The predicted molar refractivity (Wildman–Crippen MR) is 103 cm³/mol. The Morgan fingerprint density at radius 3 is 2.35 bits per heavy atom. The van der Waals surface area contributed by atoms with Crippen LogP contribution in [0.15, 0.2) is 76.6 Å². The van der Waals surface area contributed by atoms with Gasteiger partial charge in [-0.3, -0.25) is 0 Å². The van der Waals surface area contributed by atoms with Crippen LogP contribution >= 0.6 is 15.9 Å². The highest BCUT2D eigenvalue weighted by molar-refractivity contribution is 9.10. The third-order valence-electron chi connectivity index (χ3n) is 3.95. The number of methoxy groups -OCH3 is 2. The molecular formula is C20H16BrNO4. The summed E-state index contributed by atoms with van der Waals surface area (Å²) in [6.45, 7) is 0. The number of carbonyl (C=O) groups excluding carboxylic acids is 2. The lowest BCUT2D eigenvalue weighted by Gasteiger charge is -2.23. The number of hydrogen-bond acceptors (Lipinski definition) is 5. The van der Waals surface area contributed by atoms with Crippen LogP contribution < -0.4 is 4.90 Å². The number of benzene rings is 2. The number of ether oxygens (including phenoxy) is 2. The third-order valence-corrected chi connectivity index (χ3v) is 4.45. The zero-order chi connectivity index (χ0) is 18.7. The molecule has 3 rings (SSSR count). The summed E-state index contributed by atoms with van der Waals surface area (Å²) in [6.07, 6.45) is 6.66. The minimum atomic E-state index is -0.627. The van der Waals surface area contributed by atoms with Crippen molar-refractivity contribution in [1.82, 2.24) is 0 Å². The Hall–Kier alpha value is -2.86. The fourth-order valence-corrected chi connectivity index (χ4v) is 3.10. The van der Waals surface area contributed by atoms with Gasteiger partial charge in [0.2, 0.25) is 0 Å². The summed E-state index contributed by atoms with van der Waals surface area (Å²) in [4.78, 5) is 26.2. The van der Waals surface area contributed by atoms with E-state index in [2.05, 4.69) is 15.9 Å². The molecule has 0 saturated carbocycles. The third kappa shape index (κ3) is 3.41. The maximum absolute atomic E-state index is 12.4. The lowest BCUT2D eigenvalue weighted by Crippen LogP contribution is -2.26. The maximum Gasteiger partial charge on any atom is 0.355 e. The van der Waals surface area contributed by atoms with E-state index in [1.54, 1.807) is 23.3 Å². The molecule has 132 valence electrons. The van der Waals surface area contributed by atoms with Crippen LogP contribution in [-0.4, -0.2) is 26.2 Å². The van der Waals surface area contributed by atoms with Gasteiger partial charge in [-0.1, -0.05) is 34.1 Å². The highest BCUT2D eigenvalue weighted by Gasteiger charge is 2.27. The van der Waals surface area contributed by atoms with Crippen molar-refractivity contribution >= 4 is 44.3 Å². The van der Waals surface area contributed by atoms with Crippen molar-refractivity contribution in [2.75, 3.05) is 19.1 Å². The van der Waals surface area contributed by atoms with Crippen molar-refractivity contribution in [3.05, 3.63) is 76.6 Å². The summed E-state index contributed by atoms with van der Waals surface area (Å²) >= 11 is 3.46. The molecule has 0 spiro atoms. The largest absolute Gasteiger partial charge is 0.465 e. The molecule has 1 aliphatic heterocycles. The van der Waals surface area contributed by atoms with Crippen molar-refractivity contribution in [2.24, 2.45) is 0 Å².